The second-order valence-electron chi connectivity index (χ2n) is 6.47. The van der Waals surface area contributed by atoms with Crippen molar-refractivity contribution in [2.75, 3.05) is 30.8 Å². The monoisotopic (exact) mass is 405 g/mol. The molecule has 0 aliphatic rings. The number of ether oxygens (including phenoxy) is 2. The standard InChI is InChI=1S/C20H23NO6S/c1-14-9-15(2)11-18(10-14)26-13-20(23)27-12-19(22)16-5-7-17(8-6-16)21(3)28(4,24)25/h5-11H,12-13H2,1-4H3. The van der Waals surface area contributed by atoms with Crippen LogP contribution >= 0.6 is 0 Å². The van der Waals surface area contributed by atoms with Crippen molar-refractivity contribution in [1.82, 2.24) is 0 Å². The molecule has 0 saturated heterocycles. The number of esters is 1. The number of aryl methyl sites for hydroxylation is 2. The number of sulfonamides is 1. The van der Waals surface area contributed by atoms with Gasteiger partial charge in [-0.2, -0.15) is 0 Å². The summed E-state index contributed by atoms with van der Waals surface area (Å²) in [4.78, 5) is 23.9. The highest BCUT2D eigenvalue weighted by molar-refractivity contribution is 7.92. The Morgan fingerprint density at radius 1 is 0.964 bits per heavy atom. The minimum atomic E-state index is -3.38. The maximum atomic E-state index is 12.1. The molecule has 7 nitrogen and oxygen atoms in total. The van der Waals surface area contributed by atoms with E-state index in [-0.39, 0.29) is 6.61 Å². The van der Waals surface area contributed by atoms with E-state index in [0.29, 0.717) is 17.0 Å². The first kappa shape index (κ1) is 21.4. The van der Waals surface area contributed by atoms with E-state index < -0.39 is 28.4 Å². The van der Waals surface area contributed by atoms with Crippen LogP contribution in [-0.4, -0.2) is 46.7 Å². The van der Waals surface area contributed by atoms with Gasteiger partial charge in [0.15, 0.2) is 19.0 Å². The third-order valence-corrected chi connectivity index (χ3v) is 5.17. The molecule has 0 unspecified atom stereocenters. The third kappa shape index (κ3) is 6.09. The van der Waals surface area contributed by atoms with Gasteiger partial charge in [-0.25, -0.2) is 13.2 Å². The lowest BCUT2D eigenvalue weighted by Gasteiger charge is -2.16. The lowest BCUT2D eigenvalue weighted by atomic mass is 10.1. The Morgan fingerprint density at radius 3 is 2.07 bits per heavy atom. The third-order valence-electron chi connectivity index (χ3n) is 3.97. The molecule has 0 aromatic heterocycles. The van der Waals surface area contributed by atoms with Crippen LogP contribution < -0.4 is 9.04 Å². The first-order valence-electron chi connectivity index (χ1n) is 8.50. The molecule has 2 rings (SSSR count). The van der Waals surface area contributed by atoms with Crippen molar-refractivity contribution in [2.45, 2.75) is 13.8 Å². The van der Waals surface area contributed by atoms with Gasteiger partial charge in [0.2, 0.25) is 10.0 Å². The minimum Gasteiger partial charge on any atom is -0.482 e. The summed E-state index contributed by atoms with van der Waals surface area (Å²) in [5.41, 5.74) is 2.78. The number of carbonyl (C=O) groups excluding carboxylic acids is 2. The van der Waals surface area contributed by atoms with E-state index in [0.717, 1.165) is 21.7 Å². The summed E-state index contributed by atoms with van der Waals surface area (Å²) in [6.45, 7) is 3.14. The number of anilines is 1. The van der Waals surface area contributed by atoms with Crippen LogP contribution in [0.25, 0.3) is 0 Å². The normalized spacial score (nSPS) is 11.0. The van der Waals surface area contributed by atoms with Gasteiger partial charge in [-0.15, -0.1) is 0 Å². The van der Waals surface area contributed by atoms with E-state index in [1.165, 1.54) is 31.3 Å². The summed E-state index contributed by atoms with van der Waals surface area (Å²) in [5, 5.41) is 0. The Kier molecular flexibility index (Phi) is 6.80. The van der Waals surface area contributed by atoms with E-state index in [1.807, 2.05) is 19.9 Å². The zero-order chi connectivity index (χ0) is 20.9. The molecule has 0 aliphatic heterocycles. The number of carbonyl (C=O) groups is 2. The lowest BCUT2D eigenvalue weighted by Crippen LogP contribution is -2.24. The van der Waals surface area contributed by atoms with Crippen LogP contribution in [0.5, 0.6) is 5.75 Å². The molecule has 0 saturated carbocycles. The van der Waals surface area contributed by atoms with Crippen molar-refractivity contribution < 1.29 is 27.5 Å². The number of rotatable bonds is 8. The first-order chi connectivity index (χ1) is 13.1. The SMILES string of the molecule is Cc1cc(C)cc(OCC(=O)OCC(=O)c2ccc(N(C)S(C)(=O)=O)cc2)c1. The molecule has 0 spiro atoms. The van der Waals surface area contributed by atoms with Crippen LogP contribution in [0.3, 0.4) is 0 Å². The highest BCUT2D eigenvalue weighted by Crippen LogP contribution is 2.17. The van der Waals surface area contributed by atoms with Crippen molar-refractivity contribution in [3.8, 4) is 5.75 Å². The number of hydrogen-bond acceptors (Lipinski definition) is 6. The molecule has 2 aromatic rings. The summed E-state index contributed by atoms with van der Waals surface area (Å²) in [6, 6.07) is 11.6. The quantitative estimate of drug-likeness (QED) is 0.495. The van der Waals surface area contributed by atoms with Crippen molar-refractivity contribution in [3.63, 3.8) is 0 Å². The van der Waals surface area contributed by atoms with Gasteiger partial charge < -0.3 is 9.47 Å². The minimum absolute atomic E-state index is 0.297. The van der Waals surface area contributed by atoms with Crippen molar-refractivity contribution in [2.24, 2.45) is 0 Å². The van der Waals surface area contributed by atoms with Crippen molar-refractivity contribution >= 4 is 27.5 Å². The van der Waals surface area contributed by atoms with E-state index in [1.54, 1.807) is 12.1 Å². The summed E-state index contributed by atoms with van der Waals surface area (Å²) in [5.74, 6) is -0.486. The molecule has 2 aromatic carbocycles. The average molecular weight is 405 g/mol. The molecule has 0 aliphatic carbocycles. The predicted octanol–water partition coefficient (Wildman–Crippen LogP) is 2.50. The molecule has 8 heteroatoms. The van der Waals surface area contributed by atoms with Gasteiger partial charge >= 0.3 is 5.97 Å². The van der Waals surface area contributed by atoms with Crippen molar-refractivity contribution in [3.05, 3.63) is 59.2 Å². The Morgan fingerprint density at radius 2 is 1.54 bits per heavy atom. The highest BCUT2D eigenvalue weighted by Gasteiger charge is 2.14. The second-order valence-corrected chi connectivity index (χ2v) is 8.49. The van der Waals surface area contributed by atoms with Crippen LogP contribution in [-0.2, 0) is 19.6 Å². The fraction of sp³-hybridized carbons (Fsp3) is 0.300. The zero-order valence-electron chi connectivity index (χ0n) is 16.3. The molecule has 150 valence electrons. The Hall–Kier alpha value is -2.87. The van der Waals surface area contributed by atoms with Gasteiger partial charge in [0.1, 0.15) is 5.75 Å². The number of Topliss-reactive ketones (excluding diaryl/α,β-unsaturated/α-hetero) is 1. The molecule has 0 N–H and O–H groups in total. The summed E-state index contributed by atoms with van der Waals surface area (Å²) in [6.07, 6.45) is 1.09. The van der Waals surface area contributed by atoms with Gasteiger partial charge in [-0.1, -0.05) is 6.07 Å². The van der Waals surface area contributed by atoms with Crippen molar-refractivity contribution in [1.29, 1.82) is 0 Å². The Bertz CT molecular complexity index is 946. The molecule has 0 bridgehead atoms. The molecule has 0 radical (unpaired) electrons. The van der Waals surface area contributed by atoms with E-state index >= 15 is 0 Å². The van der Waals surface area contributed by atoms with Crippen LogP contribution in [0.15, 0.2) is 42.5 Å². The summed E-state index contributed by atoms with van der Waals surface area (Å²) in [7, 11) is -1.96. The topological polar surface area (TPSA) is 90.0 Å². The van der Waals surface area contributed by atoms with Crippen LogP contribution in [0.2, 0.25) is 0 Å². The van der Waals surface area contributed by atoms with Gasteiger partial charge in [0, 0.05) is 12.6 Å². The first-order valence-corrected chi connectivity index (χ1v) is 10.3. The Labute approximate surface area is 164 Å². The fourth-order valence-electron chi connectivity index (χ4n) is 2.48. The lowest BCUT2D eigenvalue weighted by molar-refractivity contribution is -0.144. The highest BCUT2D eigenvalue weighted by atomic mass is 32.2. The van der Waals surface area contributed by atoms with Gasteiger partial charge in [-0.05, 0) is 61.4 Å². The number of benzene rings is 2. The van der Waals surface area contributed by atoms with Gasteiger partial charge in [0.05, 0.1) is 11.9 Å². The molecule has 0 atom stereocenters. The largest absolute Gasteiger partial charge is 0.482 e. The maximum absolute atomic E-state index is 12.1. The smallest absolute Gasteiger partial charge is 0.344 e. The van der Waals surface area contributed by atoms with E-state index in [9.17, 15) is 18.0 Å². The molecular weight excluding hydrogens is 382 g/mol. The van der Waals surface area contributed by atoms with Gasteiger partial charge in [0.25, 0.3) is 0 Å². The van der Waals surface area contributed by atoms with Gasteiger partial charge in [-0.3, -0.25) is 9.10 Å². The number of nitrogens with zero attached hydrogens (tertiary/aromatic N) is 1. The molecule has 0 amide bonds. The average Bonchev–Trinajstić information content (AvgIpc) is 2.62. The van der Waals surface area contributed by atoms with Crippen LogP contribution in [0.1, 0.15) is 21.5 Å². The molecule has 0 fully saturated rings. The zero-order valence-corrected chi connectivity index (χ0v) is 17.1. The fourth-order valence-corrected chi connectivity index (χ4v) is 2.98. The maximum Gasteiger partial charge on any atom is 0.344 e. The Balaban J connectivity index is 1.86. The predicted molar refractivity (Wildman–Crippen MR) is 106 cm³/mol. The summed E-state index contributed by atoms with van der Waals surface area (Å²) < 4.78 is 34.5. The molecular formula is C20H23NO6S. The number of ketones is 1. The second kappa shape index (κ2) is 8.88. The number of hydrogen-bond donors (Lipinski definition) is 0. The van der Waals surface area contributed by atoms with Crippen LogP contribution in [0.4, 0.5) is 5.69 Å². The summed E-state index contributed by atoms with van der Waals surface area (Å²) >= 11 is 0. The van der Waals surface area contributed by atoms with E-state index in [4.69, 9.17) is 9.47 Å². The molecule has 28 heavy (non-hydrogen) atoms. The van der Waals surface area contributed by atoms with E-state index in [2.05, 4.69) is 0 Å². The molecule has 0 heterocycles. The van der Waals surface area contributed by atoms with Crippen LogP contribution in [0, 0.1) is 13.8 Å².